The maximum Gasteiger partial charge on any atom is 0.259 e. The molecule has 1 saturated heterocycles. The van der Waals surface area contributed by atoms with Crippen LogP contribution in [-0.4, -0.2) is 22.5 Å². The van der Waals surface area contributed by atoms with Crippen LogP contribution in [-0.2, 0) is 10.3 Å². The summed E-state index contributed by atoms with van der Waals surface area (Å²) in [5, 5.41) is 3.54. The molecule has 1 amide bonds. The van der Waals surface area contributed by atoms with Crippen LogP contribution in [0.25, 0.3) is 0 Å². The summed E-state index contributed by atoms with van der Waals surface area (Å²) < 4.78 is 5.78. The summed E-state index contributed by atoms with van der Waals surface area (Å²) in [7, 11) is 0. The third-order valence-corrected chi connectivity index (χ3v) is 4.32. The molecule has 0 aliphatic carbocycles. The minimum Gasteiger partial charge on any atom is -0.457 e. The van der Waals surface area contributed by atoms with Gasteiger partial charge in [0.1, 0.15) is 17.0 Å². The maximum atomic E-state index is 12.7. The lowest BCUT2D eigenvalue weighted by molar-refractivity contribution is -0.130. The molecular weight excluding hydrogens is 320 g/mol. The average Bonchev–Trinajstić information content (AvgIpc) is 2.81. The zero-order chi connectivity index (χ0) is 17.2. The van der Waals surface area contributed by atoms with Crippen LogP contribution in [0.2, 0.25) is 0 Å². The Kier molecular flexibility index (Phi) is 4.36. The van der Waals surface area contributed by atoms with E-state index in [1.807, 2.05) is 61.5 Å². The van der Waals surface area contributed by atoms with Crippen molar-refractivity contribution in [1.29, 1.82) is 0 Å². The van der Waals surface area contributed by atoms with Crippen LogP contribution >= 0.6 is 12.2 Å². The molecule has 3 rings (SSSR count). The SMILES string of the molecule is C=CCN1C(=O)C(C)(c2ccc(Oc3ccccc3)cc2)NC1=S. The smallest absolute Gasteiger partial charge is 0.259 e. The molecule has 0 radical (unpaired) electrons. The normalized spacial score (nSPS) is 20.0. The summed E-state index contributed by atoms with van der Waals surface area (Å²) in [5.74, 6) is 1.40. The fraction of sp³-hybridized carbons (Fsp3) is 0.158. The van der Waals surface area contributed by atoms with Crippen LogP contribution in [0.15, 0.2) is 67.3 Å². The number of hydrogen-bond acceptors (Lipinski definition) is 3. The number of thiocarbonyl (C=S) groups is 1. The largest absolute Gasteiger partial charge is 0.457 e. The molecule has 0 bridgehead atoms. The number of nitrogens with zero attached hydrogens (tertiary/aromatic N) is 1. The lowest BCUT2D eigenvalue weighted by Crippen LogP contribution is -2.40. The van der Waals surface area contributed by atoms with Crippen LogP contribution in [0.1, 0.15) is 12.5 Å². The Labute approximate surface area is 146 Å². The maximum absolute atomic E-state index is 12.7. The molecular formula is C19H18N2O2S. The molecule has 24 heavy (non-hydrogen) atoms. The molecule has 0 saturated carbocycles. The number of carbonyl (C=O) groups is 1. The van der Waals surface area contributed by atoms with Crippen LogP contribution in [0.4, 0.5) is 0 Å². The lowest BCUT2D eigenvalue weighted by Gasteiger charge is -2.22. The number of benzene rings is 2. The molecule has 0 spiro atoms. The predicted octanol–water partition coefficient (Wildman–Crippen LogP) is 3.60. The van der Waals surface area contributed by atoms with Crippen LogP contribution in [0, 0.1) is 0 Å². The Morgan fingerprint density at radius 3 is 2.42 bits per heavy atom. The molecule has 0 aromatic heterocycles. The third-order valence-electron chi connectivity index (χ3n) is 4.00. The number of para-hydroxylation sites is 1. The van der Waals surface area contributed by atoms with E-state index < -0.39 is 5.54 Å². The lowest BCUT2D eigenvalue weighted by atomic mass is 9.92. The van der Waals surface area contributed by atoms with Crippen molar-refractivity contribution >= 4 is 23.2 Å². The van der Waals surface area contributed by atoms with Gasteiger partial charge in [-0.3, -0.25) is 9.69 Å². The molecule has 2 aromatic carbocycles. The number of ether oxygens (including phenoxy) is 1. The Hall–Kier alpha value is -2.66. The highest BCUT2D eigenvalue weighted by Gasteiger charge is 2.46. The van der Waals surface area contributed by atoms with Gasteiger partial charge in [0, 0.05) is 6.54 Å². The average molecular weight is 338 g/mol. The molecule has 122 valence electrons. The van der Waals surface area contributed by atoms with E-state index in [-0.39, 0.29) is 5.91 Å². The van der Waals surface area contributed by atoms with Crippen molar-refractivity contribution in [2.45, 2.75) is 12.5 Å². The summed E-state index contributed by atoms with van der Waals surface area (Å²) in [6.45, 7) is 5.90. The van der Waals surface area contributed by atoms with Crippen molar-refractivity contribution in [2.75, 3.05) is 6.54 Å². The fourth-order valence-electron chi connectivity index (χ4n) is 2.67. The molecule has 1 heterocycles. The number of rotatable bonds is 5. The van der Waals surface area contributed by atoms with Gasteiger partial charge >= 0.3 is 0 Å². The summed E-state index contributed by atoms with van der Waals surface area (Å²) in [6, 6.07) is 17.0. The molecule has 1 atom stereocenters. The fourth-order valence-corrected chi connectivity index (χ4v) is 3.03. The van der Waals surface area contributed by atoms with E-state index in [9.17, 15) is 4.79 Å². The van der Waals surface area contributed by atoms with E-state index in [1.165, 1.54) is 4.90 Å². The van der Waals surface area contributed by atoms with Crippen LogP contribution in [0.3, 0.4) is 0 Å². The van der Waals surface area contributed by atoms with E-state index in [2.05, 4.69) is 11.9 Å². The quantitative estimate of drug-likeness (QED) is 0.668. The van der Waals surface area contributed by atoms with Gasteiger partial charge in [-0.15, -0.1) is 6.58 Å². The number of hydrogen-bond donors (Lipinski definition) is 1. The van der Waals surface area contributed by atoms with Gasteiger partial charge in [-0.1, -0.05) is 36.4 Å². The second-order valence-electron chi connectivity index (χ2n) is 5.70. The summed E-state index contributed by atoms with van der Waals surface area (Å²) in [6.07, 6.45) is 1.66. The molecule has 1 aliphatic rings. The number of carbonyl (C=O) groups excluding carboxylic acids is 1. The standard InChI is InChI=1S/C19H18N2O2S/c1-3-13-21-17(22)19(2,20-18(21)24)14-9-11-16(12-10-14)23-15-7-5-4-6-8-15/h3-12H,1,13H2,2H3,(H,20,24). The number of nitrogens with one attached hydrogen (secondary N) is 1. The van der Waals surface area contributed by atoms with Gasteiger partial charge in [0.25, 0.3) is 5.91 Å². The summed E-state index contributed by atoms with van der Waals surface area (Å²) in [5.41, 5.74) is -0.0347. The highest BCUT2D eigenvalue weighted by Crippen LogP contribution is 2.31. The van der Waals surface area contributed by atoms with Gasteiger partial charge < -0.3 is 10.1 Å². The Balaban J connectivity index is 1.81. The monoisotopic (exact) mass is 338 g/mol. The minimum atomic E-state index is -0.870. The van der Waals surface area contributed by atoms with Gasteiger partial charge in [-0.05, 0) is 49.0 Å². The van der Waals surface area contributed by atoms with Crippen molar-refractivity contribution in [2.24, 2.45) is 0 Å². The zero-order valence-electron chi connectivity index (χ0n) is 13.4. The second-order valence-corrected chi connectivity index (χ2v) is 6.09. The minimum absolute atomic E-state index is 0.0795. The molecule has 1 N–H and O–H groups in total. The first-order chi connectivity index (χ1) is 11.5. The van der Waals surface area contributed by atoms with Gasteiger partial charge in [-0.25, -0.2) is 0 Å². The Bertz CT molecular complexity index is 774. The molecule has 1 aliphatic heterocycles. The van der Waals surface area contributed by atoms with Crippen molar-refractivity contribution in [3.05, 3.63) is 72.8 Å². The van der Waals surface area contributed by atoms with Gasteiger partial charge in [0.15, 0.2) is 5.11 Å². The van der Waals surface area contributed by atoms with Crippen molar-refractivity contribution < 1.29 is 9.53 Å². The van der Waals surface area contributed by atoms with E-state index >= 15 is 0 Å². The molecule has 1 unspecified atom stereocenters. The van der Waals surface area contributed by atoms with Gasteiger partial charge in [-0.2, -0.15) is 0 Å². The molecule has 4 nitrogen and oxygen atoms in total. The van der Waals surface area contributed by atoms with Crippen molar-refractivity contribution in [3.63, 3.8) is 0 Å². The zero-order valence-corrected chi connectivity index (χ0v) is 14.2. The van der Waals surface area contributed by atoms with Gasteiger partial charge in [0.05, 0.1) is 0 Å². The molecule has 5 heteroatoms. The Morgan fingerprint density at radius 1 is 1.17 bits per heavy atom. The van der Waals surface area contributed by atoms with Gasteiger partial charge in [0.2, 0.25) is 0 Å². The Morgan fingerprint density at radius 2 is 1.79 bits per heavy atom. The molecule has 2 aromatic rings. The van der Waals surface area contributed by atoms with Crippen molar-refractivity contribution in [3.8, 4) is 11.5 Å². The highest BCUT2D eigenvalue weighted by atomic mass is 32.1. The molecule has 1 fully saturated rings. The third kappa shape index (κ3) is 2.90. The predicted molar refractivity (Wildman–Crippen MR) is 98.0 cm³/mol. The summed E-state index contributed by atoms with van der Waals surface area (Å²) in [4.78, 5) is 14.2. The number of amides is 1. The van der Waals surface area contributed by atoms with Crippen LogP contribution < -0.4 is 10.1 Å². The van der Waals surface area contributed by atoms with Crippen LogP contribution in [0.5, 0.6) is 11.5 Å². The van der Waals surface area contributed by atoms with E-state index in [4.69, 9.17) is 17.0 Å². The highest BCUT2D eigenvalue weighted by molar-refractivity contribution is 7.80. The second kappa shape index (κ2) is 6.45. The first kappa shape index (κ1) is 16.2. The first-order valence-corrected chi connectivity index (χ1v) is 8.04. The van der Waals surface area contributed by atoms with E-state index in [1.54, 1.807) is 6.08 Å². The summed E-state index contributed by atoms with van der Waals surface area (Å²) >= 11 is 5.27. The van der Waals surface area contributed by atoms with E-state index in [0.717, 1.165) is 11.3 Å². The first-order valence-electron chi connectivity index (χ1n) is 7.63. The van der Waals surface area contributed by atoms with E-state index in [0.29, 0.717) is 17.4 Å². The topological polar surface area (TPSA) is 41.6 Å². The van der Waals surface area contributed by atoms with Crippen molar-refractivity contribution in [1.82, 2.24) is 10.2 Å².